The minimum absolute atomic E-state index is 0.0242. The molecule has 1 aromatic rings. The minimum atomic E-state index is -3.46. The summed E-state index contributed by atoms with van der Waals surface area (Å²) in [5.74, 6) is 0.156. The zero-order valence-electron chi connectivity index (χ0n) is 11.3. The highest BCUT2D eigenvalue weighted by molar-refractivity contribution is 9.10. The van der Waals surface area contributed by atoms with Crippen molar-refractivity contribution in [2.75, 3.05) is 10.5 Å². The Morgan fingerprint density at radius 2 is 2.15 bits per heavy atom. The number of anilines is 1. The average molecular weight is 364 g/mol. The molecule has 0 aliphatic carbocycles. The molecule has 0 heterocycles. The van der Waals surface area contributed by atoms with Crippen molar-refractivity contribution in [3.05, 3.63) is 28.2 Å². The van der Waals surface area contributed by atoms with Gasteiger partial charge in [-0.1, -0.05) is 34.9 Å². The van der Waals surface area contributed by atoms with Crippen molar-refractivity contribution in [1.29, 1.82) is 0 Å². The second-order valence-electron chi connectivity index (χ2n) is 4.78. The van der Waals surface area contributed by atoms with E-state index >= 15 is 0 Å². The van der Waals surface area contributed by atoms with Gasteiger partial charge in [-0.25, -0.2) is 8.42 Å². The van der Waals surface area contributed by atoms with Crippen LogP contribution in [0.4, 0.5) is 5.69 Å². The Morgan fingerprint density at radius 1 is 1.50 bits per heavy atom. The lowest BCUT2D eigenvalue weighted by Crippen LogP contribution is -2.22. The van der Waals surface area contributed by atoms with Crippen molar-refractivity contribution in [3.63, 3.8) is 0 Å². The van der Waals surface area contributed by atoms with Gasteiger partial charge < -0.3 is 10.9 Å². The lowest BCUT2D eigenvalue weighted by molar-refractivity contribution is 0.318. The Bertz CT molecular complexity index is 600. The van der Waals surface area contributed by atoms with E-state index in [0.29, 0.717) is 22.4 Å². The standard InChI is InChI=1S/C12H18BrN3O3S/c1-8(2)5-6-20(18,19)16-11-4-3-9(13)7-10(11)12(14)15-17/h3-4,7-8,16-17H,5-6H2,1-2H3,(H2,14,15). The number of nitrogens with one attached hydrogen (secondary N) is 1. The summed E-state index contributed by atoms with van der Waals surface area (Å²) in [6, 6.07) is 4.81. The van der Waals surface area contributed by atoms with Crippen molar-refractivity contribution in [2.24, 2.45) is 16.8 Å². The third-order valence-corrected chi connectivity index (χ3v) is 4.39. The summed E-state index contributed by atoms with van der Waals surface area (Å²) >= 11 is 3.25. The Labute approximate surface area is 127 Å². The van der Waals surface area contributed by atoms with Crippen LogP contribution < -0.4 is 10.5 Å². The first kappa shape index (κ1) is 16.8. The van der Waals surface area contributed by atoms with E-state index in [9.17, 15) is 8.42 Å². The van der Waals surface area contributed by atoms with Gasteiger partial charge in [0.25, 0.3) is 0 Å². The minimum Gasteiger partial charge on any atom is -0.409 e. The van der Waals surface area contributed by atoms with Gasteiger partial charge in [-0.15, -0.1) is 0 Å². The molecule has 0 aromatic heterocycles. The highest BCUT2D eigenvalue weighted by atomic mass is 79.9. The van der Waals surface area contributed by atoms with Gasteiger partial charge in [0.1, 0.15) is 0 Å². The van der Waals surface area contributed by atoms with Gasteiger partial charge in [0.2, 0.25) is 10.0 Å². The summed E-state index contributed by atoms with van der Waals surface area (Å²) in [6.45, 7) is 3.91. The molecule has 6 nitrogen and oxygen atoms in total. The van der Waals surface area contributed by atoms with Crippen molar-refractivity contribution in [1.82, 2.24) is 0 Å². The lowest BCUT2D eigenvalue weighted by atomic mass is 10.2. The van der Waals surface area contributed by atoms with Crippen LogP contribution >= 0.6 is 15.9 Å². The Hall–Kier alpha value is -1.28. The fourth-order valence-electron chi connectivity index (χ4n) is 1.48. The van der Waals surface area contributed by atoms with Gasteiger partial charge in [-0.3, -0.25) is 4.72 Å². The number of oxime groups is 1. The number of halogens is 1. The summed E-state index contributed by atoms with van der Waals surface area (Å²) in [6.07, 6.45) is 0.560. The number of rotatable bonds is 6. The molecule has 1 rings (SSSR count). The summed E-state index contributed by atoms with van der Waals surface area (Å²) < 4.78 is 27.1. The highest BCUT2D eigenvalue weighted by Gasteiger charge is 2.15. The Morgan fingerprint density at radius 3 is 2.70 bits per heavy atom. The highest BCUT2D eigenvalue weighted by Crippen LogP contribution is 2.22. The smallest absolute Gasteiger partial charge is 0.232 e. The molecule has 1 aromatic carbocycles. The van der Waals surface area contributed by atoms with Crippen LogP contribution in [0.2, 0.25) is 0 Å². The van der Waals surface area contributed by atoms with Crippen LogP contribution in [0.1, 0.15) is 25.8 Å². The molecule has 0 amide bonds. The molecule has 0 aliphatic heterocycles. The summed E-state index contributed by atoms with van der Waals surface area (Å²) in [5, 5.41) is 11.7. The van der Waals surface area contributed by atoms with Crippen LogP contribution in [-0.2, 0) is 10.0 Å². The SMILES string of the molecule is CC(C)CCS(=O)(=O)Nc1ccc(Br)cc1/C(N)=N/O. The van der Waals surface area contributed by atoms with E-state index < -0.39 is 10.0 Å². The Kier molecular flexibility index (Phi) is 5.82. The maximum Gasteiger partial charge on any atom is 0.232 e. The third-order valence-electron chi connectivity index (χ3n) is 2.59. The number of nitrogens with two attached hydrogens (primary N) is 1. The average Bonchev–Trinajstić information content (AvgIpc) is 2.37. The second kappa shape index (κ2) is 6.94. The van der Waals surface area contributed by atoms with Crippen LogP contribution in [-0.4, -0.2) is 25.2 Å². The summed E-state index contributed by atoms with van der Waals surface area (Å²) in [7, 11) is -3.46. The van der Waals surface area contributed by atoms with Crippen LogP contribution in [0.25, 0.3) is 0 Å². The van der Waals surface area contributed by atoms with Crippen molar-refractivity contribution < 1.29 is 13.6 Å². The summed E-state index contributed by atoms with van der Waals surface area (Å²) in [5.41, 5.74) is 6.15. The van der Waals surface area contributed by atoms with Crippen molar-refractivity contribution in [2.45, 2.75) is 20.3 Å². The molecule has 0 aliphatic rings. The van der Waals surface area contributed by atoms with Gasteiger partial charge in [-0.05, 0) is 30.5 Å². The molecule has 8 heteroatoms. The molecule has 0 atom stereocenters. The van der Waals surface area contributed by atoms with Crippen LogP contribution in [0, 0.1) is 5.92 Å². The fourth-order valence-corrected chi connectivity index (χ4v) is 3.24. The van der Waals surface area contributed by atoms with Crippen LogP contribution in [0.3, 0.4) is 0 Å². The van der Waals surface area contributed by atoms with Gasteiger partial charge in [0.05, 0.1) is 11.4 Å². The fraction of sp³-hybridized carbons (Fsp3) is 0.417. The van der Waals surface area contributed by atoms with E-state index in [1.54, 1.807) is 18.2 Å². The predicted octanol–water partition coefficient (Wildman–Crippen LogP) is 2.33. The monoisotopic (exact) mass is 363 g/mol. The molecule has 0 bridgehead atoms. The van der Waals surface area contributed by atoms with Gasteiger partial charge in [-0.2, -0.15) is 0 Å². The number of hydrogen-bond acceptors (Lipinski definition) is 4. The third kappa shape index (κ3) is 5.01. The van der Waals surface area contributed by atoms with E-state index in [2.05, 4.69) is 25.8 Å². The molecule has 0 radical (unpaired) electrons. The molecule has 0 fully saturated rings. The molecule has 112 valence electrons. The predicted molar refractivity (Wildman–Crippen MR) is 83.5 cm³/mol. The van der Waals surface area contributed by atoms with E-state index in [1.165, 1.54) is 0 Å². The molecule has 20 heavy (non-hydrogen) atoms. The second-order valence-corrected chi connectivity index (χ2v) is 7.54. The number of sulfonamides is 1. The van der Waals surface area contributed by atoms with E-state index in [1.807, 2.05) is 13.8 Å². The zero-order chi connectivity index (χ0) is 15.3. The molecule has 0 saturated heterocycles. The molecule has 0 spiro atoms. The maximum atomic E-state index is 12.0. The molecule has 0 saturated carbocycles. The molecule has 0 unspecified atom stereocenters. The normalized spacial score (nSPS) is 12.7. The first-order chi connectivity index (χ1) is 9.25. The first-order valence-electron chi connectivity index (χ1n) is 6.03. The van der Waals surface area contributed by atoms with E-state index in [-0.39, 0.29) is 17.3 Å². The van der Waals surface area contributed by atoms with Crippen molar-refractivity contribution in [3.8, 4) is 0 Å². The number of amidine groups is 1. The number of benzene rings is 1. The van der Waals surface area contributed by atoms with E-state index in [4.69, 9.17) is 10.9 Å². The Balaban J connectivity index is 3.03. The van der Waals surface area contributed by atoms with Crippen LogP contribution in [0.5, 0.6) is 0 Å². The maximum absolute atomic E-state index is 12.0. The topological polar surface area (TPSA) is 105 Å². The van der Waals surface area contributed by atoms with Gasteiger partial charge in [0.15, 0.2) is 5.84 Å². The number of hydrogen-bond donors (Lipinski definition) is 3. The molecule has 4 N–H and O–H groups in total. The quantitative estimate of drug-likeness (QED) is 0.312. The largest absolute Gasteiger partial charge is 0.409 e. The number of nitrogens with zero attached hydrogens (tertiary/aromatic N) is 1. The summed E-state index contributed by atoms with van der Waals surface area (Å²) in [4.78, 5) is 0. The van der Waals surface area contributed by atoms with Crippen LogP contribution in [0.15, 0.2) is 27.8 Å². The first-order valence-corrected chi connectivity index (χ1v) is 8.47. The zero-order valence-corrected chi connectivity index (χ0v) is 13.7. The lowest BCUT2D eigenvalue weighted by Gasteiger charge is -2.13. The van der Waals surface area contributed by atoms with Crippen molar-refractivity contribution >= 4 is 37.5 Å². The van der Waals surface area contributed by atoms with E-state index in [0.717, 1.165) is 0 Å². The molecular formula is C12H18BrN3O3S. The molecular weight excluding hydrogens is 346 g/mol. The van der Waals surface area contributed by atoms with Gasteiger partial charge >= 0.3 is 0 Å². The van der Waals surface area contributed by atoms with Gasteiger partial charge in [0, 0.05) is 10.0 Å².